The number of carboxylic acid groups (broad SMARTS) is 2. The fraction of sp³-hybridized carbons (Fsp3) is 0.333. The summed E-state index contributed by atoms with van der Waals surface area (Å²) in [6, 6.07) is 12.1. The highest BCUT2D eigenvalue weighted by Crippen LogP contribution is 2.05. The molecule has 6 N–H and O–H groups in total. The fourth-order valence-corrected chi connectivity index (χ4v) is 3.03. The number of carbonyl (C=O) groups excluding carboxylic acids is 2. The zero-order chi connectivity index (χ0) is 24.8. The van der Waals surface area contributed by atoms with Crippen LogP contribution in [-0.2, 0) is 13.1 Å². The molecule has 10 heteroatoms. The molecule has 0 saturated heterocycles. The van der Waals surface area contributed by atoms with E-state index in [1.54, 1.807) is 24.3 Å². The summed E-state index contributed by atoms with van der Waals surface area (Å²) in [5, 5.41) is 28.7. The molecule has 0 radical (unpaired) electrons. The van der Waals surface area contributed by atoms with Gasteiger partial charge in [0.1, 0.15) is 0 Å². The maximum Gasteiger partial charge on any atom is 0.335 e. The van der Waals surface area contributed by atoms with Crippen LogP contribution in [0, 0.1) is 0 Å². The molecule has 2 aromatic carbocycles. The van der Waals surface area contributed by atoms with E-state index in [1.807, 2.05) is 0 Å². The van der Waals surface area contributed by atoms with Crippen molar-refractivity contribution >= 4 is 24.0 Å². The predicted octanol–water partition coefficient (Wildman–Crippen LogP) is 2.94. The van der Waals surface area contributed by atoms with Crippen molar-refractivity contribution in [2.75, 3.05) is 13.1 Å². The summed E-state index contributed by atoms with van der Waals surface area (Å²) < 4.78 is 0. The van der Waals surface area contributed by atoms with Crippen LogP contribution in [0.15, 0.2) is 48.5 Å². The Kier molecular flexibility index (Phi) is 10.9. The van der Waals surface area contributed by atoms with Gasteiger partial charge in [0.15, 0.2) is 0 Å². The number of urea groups is 2. The van der Waals surface area contributed by atoms with Gasteiger partial charge in [0, 0.05) is 26.2 Å². The van der Waals surface area contributed by atoms with Crippen molar-refractivity contribution in [1.82, 2.24) is 21.3 Å². The van der Waals surface area contributed by atoms with Gasteiger partial charge in [0.2, 0.25) is 0 Å². The standard InChI is InChI=1S/C24H30N4O6/c29-21(30)19-9-5-17(6-10-19)15-27-23(33)25-13-3-1-2-4-14-26-24(34)28-16-18-7-11-20(12-8-18)22(31)32/h5-12H,1-4,13-16H2,(H,29,30)(H,31,32)(H2,25,27,33)(H2,26,28,34). The second kappa shape index (κ2) is 14.1. The molecule has 4 amide bonds. The number of rotatable bonds is 13. The molecule has 0 fully saturated rings. The first-order chi connectivity index (χ1) is 16.3. The first-order valence-electron chi connectivity index (χ1n) is 11.0. The van der Waals surface area contributed by atoms with Crippen molar-refractivity contribution in [3.63, 3.8) is 0 Å². The lowest BCUT2D eigenvalue weighted by Gasteiger charge is -2.09. The summed E-state index contributed by atoms with van der Waals surface area (Å²) in [4.78, 5) is 45.3. The molecule has 0 saturated carbocycles. The Morgan fingerprint density at radius 3 is 1.21 bits per heavy atom. The lowest BCUT2D eigenvalue weighted by Crippen LogP contribution is -2.35. The molecule has 0 aliphatic carbocycles. The second-order valence-corrected chi connectivity index (χ2v) is 7.64. The van der Waals surface area contributed by atoms with E-state index in [1.165, 1.54) is 24.3 Å². The van der Waals surface area contributed by atoms with Crippen LogP contribution in [0.4, 0.5) is 9.59 Å². The summed E-state index contributed by atoms with van der Waals surface area (Å²) in [5.74, 6) is -1.98. The molecule has 0 atom stereocenters. The number of carbonyl (C=O) groups is 4. The molecule has 0 heterocycles. The minimum Gasteiger partial charge on any atom is -0.478 e. The predicted molar refractivity (Wildman–Crippen MR) is 126 cm³/mol. The van der Waals surface area contributed by atoms with Crippen LogP contribution in [0.3, 0.4) is 0 Å². The van der Waals surface area contributed by atoms with Gasteiger partial charge < -0.3 is 31.5 Å². The zero-order valence-electron chi connectivity index (χ0n) is 18.8. The van der Waals surface area contributed by atoms with Gasteiger partial charge in [-0.25, -0.2) is 19.2 Å². The summed E-state index contributed by atoms with van der Waals surface area (Å²) in [7, 11) is 0. The zero-order valence-corrected chi connectivity index (χ0v) is 18.8. The van der Waals surface area contributed by atoms with Crippen LogP contribution in [0.25, 0.3) is 0 Å². The van der Waals surface area contributed by atoms with E-state index in [0.717, 1.165) is 36.8 Å². The SMILES string of the molecule is O=C(NCCCCCCNC(=O)NCc1ccc(C(=O)O)cc1)NCc1ccc(C(=O)O)cc1. The third-order valence-electron chi connectivity index (χ3n) is 4.98. The molecule has 2 aromatic rings. The molecular formula is C24H30N4O6. The van der Waals surface area contributed by atoms with Crippen LogP contribution in [-0.4, -0.2) is 47.3 Å². The van der Waals surface area contributed by atoms with Gasteiger partial charge in [-0.1, -0.05) is 37.1 Å². The number of aromatic carboxylic acids is 2. The van der Waals surface area contributed by atoms with Crippen molar-refractivity contribution in [3.05, 3.63) is 70.8 Å². The highest BCUT2D eigenvalue weighted by Gasteiger charge is 2.05. The Morgan fingerprint density at radius 1 is 0.529 bits per heavy atom. The van der Waals surface area contributed by atoms with E-state index in [2.05, 4.69) is 21.3 Å². The smallest absolute Gasteiger partial charge is 0.335 e. The number of carboxylic acids is 2. The van der Waals surface area contributed by atoms with Crippen molar-refractivity contribution in [3.8, 4) is 0 Å². The normalized spacial score (nSPS) is 10.2. The lowest BCUT2D eigenvalue weighted by molar-refractivity contribution is 0.0686. The summed E-state index contributed by atoms with van der Waals surface area (Å²) >= 11 is 0. The van der Waals surface area contributed by atoms with Gasteiger partial charge in [0.05, 0.1) is 11.1 Å². The quantitative estimate of drug-likeness (QED) is 0.247. The molecule has 34 heavy (non-hydrogen) atoms. The van der Waals surface area contributed by atoms with Gasteiger partial charge in [-0.05, 0) is 48.2 Å². The minimum absolute atomic E-state index is 0.203. The fourth-order valence-electron chi connectivity index (χ4n) is 3.03. The molecule has 182 valence electrons. The van der Waals surface area contributed by atoms with E-state index >= 15 is 0 Å². The van der Waals surface area contributed by atoms with Crippen molar-refractivity contribution in [2.45, 2.75) is 38.8 Å². The molecular weight excluding hydrogens is 440 g/mol. The van der Waals surface area contributed by atoms with Crippen LogP contribution < -0.4 is 21.3 Å². The lowest BCUT2D eigenvalue weighted by atomic mass is 10.1. The highest BCUT2D eigenvalue weighted by molar-refractivity contribution is 5.88. The molecule has 0 aliphatic heterocycles. The largest absolute Gasteiger partial charge is 0.478 e. The van der Waals surface area contributed by atoms with Crippen LogP contribution >= 0.6 is 0 Å². The molecule has 0 aliphatic rings. The number of benzene rings is 2. The first-order valence-corrected chi connectivity index (χ1v) is 11.0. The molecule has 0 spiro atoms. The van der Waals surface area contributed by atoms with E-state index in [4.69, 9.17) is 10.2 Å². The van der Waals surface area contributed by atoms with Gasteiger partial charge in [0.25, 0.3) is 0 Å². The number of hydrogen-bond donors (Lipinski definition) is 6. The van der Waals surface area contributed by atoms with Crippen molar-refractivity contribution in [2.24, 2.45) is 0 Å². The summed E-state index contributed by atoms with van der Waals surface area (Å²) in [5.41, 5.74) is 2.03. The first kappa shape index (κ1) is 26.2. The Hall–Kier alpha value is -4.08. The Balaban J connectivity index is 1.45. The number of hydrogen-bond acceptors (Lipinski definition) is 4. The monoisotopic (exact) mass is 470 g/mol. The van der Waals surface area contributed by atoms with Crippen LogP contribution in [0.2, 0.25) is 0 Å². The Morgan fingerprint density at radius 2 is 0.882 bits per heavy atom. The molecule has 2 rings (SSSR count). The maximum absolute atomic E-state index is 11.8. The van der Waals surface area contributed by atoms with Crippen LogP contribution in [0.5, 0.6) is 0 Å². The van der Waals surface area contributed by atoms with E-state index in [9.17, 15) is 19.2 Å². The Bertz CT molecular complexity index is 881. The summed E-state index contributed by atoms with van der Waals surface area (Å²) in [6.07, 6.45) is 3.46. The second-order valence-electron chi connectivity index (χ2n) is 7.64. The van der Waals surface area contributed by atoms with Gasteiger partial charge >= 0.3 is 24.0 Å². The molecule has 0 unspecified atom stereocenters. The average molecular weight is 471 g/mol. The van der Waals surface area contributed by atoms with E-state index in [0.29, 0.717) is 26.2 Å². The van der Waals surface area contributed by atoms with Crippen molar-refractivity contribution in [1.29, 1.82) is 0 Å². The van der Waals surface area contributed by atoms with Crippen molar-refractivity contribution < 1.29 is 29.4 Å². The number of amides is 4. The number of nitrogens with one attached hydrogen (secondary N) is 4. The minimum atomic E-state index is -0.988. The van der Waals surface area contributed by atoms with E-state index < -0.39 is 11.9 Å². The highest BCUT2D eigenvalue weighted by atomic mass is 16.4. The average Bonchev–Trinajstić information content (AvgIpc) is 2.83. The van der Waals surface area contributed by atoms with Gasteiger partial charge in [-0.2, -0.15) is 0 Å². The molecule has 10 nitrogen and oxygen atoms in total. The molecule has 0 bridgehead atoms. The van der Waals surface area contributed by atoms with Gasteiger partial charge in [-0.3, -0.25) is 0 Å². The van der Waals surface area contributed by atoms with Crippen LogP contribution in [0.1, 0.15) is 57.5 Å². The van der Waals surface area contributed by atoms with Gasteiger partial charge in [-0.15, -0.1) is 0 Å². The third-order valence-corrected chi connectivity index (χ3v) is 4.98. The Labute approximate surface area is 197 Å². The maximum atomic E-state index is 11.8. The van der Waals surface area contributed by atoms with E-state index in [-0.39, 0.29) is 23.2 Å². The third kappa shape index (κ3) is 10.0. The topological polar surface area (TPSA) is 157 Å². The number of unbranched alkanes of at least 4 members (excludes halogenated alkanes) is 3. The molecule has 0 aromatic heterocycles. The summed E-state index contributed by atoms with van der Waals surface area (Å²) in [6.45, 7) is 1.71.